The predicted octanol–water partition coefficient (Wildman–Crippen LogP) is 1.74. The molecule has 0 aromatic heterocycles. The van der Waals surface area contributed by atoms with Gasteiger partial charge in [0.1, 0.15) is 5.82 Å². The van der Waals surface area contributed by atoms with Gasteiger partial charge in [-0.2, -0.15) is 0 Å². The first-order valence-electron chi connectivity index (χ1n) is 6.09. The number of rotatable bonds is 4. The fourth-order valence-corrected chi connectivity index (χ4v) is 2.24. The molecule has 1 amide bonds. The van der Waals surface area contributed by atoms with Crippen LogP contribution in [0.4, 0.5) is 15.8 Å². The van der Waals surface area contributed by atoms with E-state index in [2.05, 4.69) is 0 Å². The molecule has 1 aliphatic carbocycles. The van der Waals surface area contributed by atoms with Gasteiger partial charge in [-0.05, 0) is 30.9 Å². The van der Waals surface area contributed by atoms with Gasteiger partial charge in [-0.1, -0.05) is 6.42 Å². The first-order valence-corrected chi connectivity index (χ1v) is 6.09. The van der Waals surface area contributed by atoms with Crippen LogP contribution in [0, 0.1) is 11.7 Å². The number of hydrogen-bond donors (Lipinski definition) is 2. The summed E-state index contributed by atoms with van der Waals surface area (Å²) in [6.45, 7) is 0.791. The predicted molar refractivity (Wildman–Crippen MR) is 69.9 cm³/mol. The number of primary amides is 1. The lowest BCUT2D eigenvalue weighted by Crippen LogP contribution is -2.30. The van der Waals surface area contributed by atoms with Crippen molar-refractivity contribution in [3.05, 3.63) is 23.5 Å². The van der Waals surface area contributed by atoms with E-state index in [9.17, 15) is 9.18 Å². The van der Waals surface area contributed by atoms with E-state index in [1.807, 2.05) is 11.9 Å². The summed E-state index contributed by atoms with van der Waals surface area (Å²) >= 11 is 0. The Kier molecular flexibility index (Phi) is 3.41. The van der Waals surface area contributed by atoms with E-state index in [0.717, 1.165) is 12.6 Å². The fraction of sp³-hybridized carbons (Fsp3) is 0.462. The molecule has 2 rings (SSSR count). The summed E-state index contributed by atoms with van der Waals surface area (Å²) in [5.41, 5.74) is 11.4. The number of nitrogens with zero attached hydrogens (tertiary/aromatic N) is 1. The van der Waals surface area contributed by atoms with Crippen LogP contribution in [0.15, 0.2) is 12.1 Å². The van der Waals surface area contributed by atoms with Crippen LogP contribution < -0.4 is 16.4 Å². The Hall–Kier alpha value is -1.78. The molecule has 0 unspecified atom stereocenters. The minimum atomic E-state index is -0.634. The van der Waals surface area contributed by atoms with E-state index in [0.29, 0.717) is 11.6 Å². The van der Waals surface area contributed by atoms with Gasteiger partial charge in [-0.15, -0.1) is 0 Å². The molecular weight excluding hydrogens is 233 g/mol. The maximum atomic E-state index is 13.8. The molecule has 0 saturated heterocycles. The summed E-state index contributed by atoms with van der Waals surface area (Å²) in [7, 11) is 1.82. The van der Waals surface area contributed by atoms with Crippen LogP contribution >= 0.6 is 0 Å². The normalized spacial score (nSPS) is 15.2. The van der Waals surface area contributed by atoms with Gasteiger partial charge in [-0.3, -0.25) is 4.79 Å². The van der Waals surface area contributed by atoms with Crippen molar-refractivity contribution in [3.8, 4) is 0 Å². The highest BCUT2D eigenvalue weighted by Crippen LogP contribution is 2.30. The molecule has 4 N–H and O–H groups in total. The summed E-state index contributed by atoms with van der Waals surface area (Å²) in [6, 6.07) is 2.60. The molecule has 5 heteroatoms. The van der Waals surface area contributed by atoms with Crippen molar-refractivity contribution in [3.63, 3.8) is 0 Å². The maximum Gasteiger partial charge on any atom is 0.250 e. The molecule has 0 heterocycles. The van der Waals surface area contributed by atoms with Crippen LogP contribution in [0.25, 0.3) is 0 Å². The minimum absolute atomic E-state index is 0.0841. The maximum absolute atomic E-state index is 13.8. The molecule has 0 spiro atoms. The Morgan fingerprint density at radius 2 is 2.17 bits per heavy atom. The van der Waals surface area contributed by atoms with Gasteiger partial charge in [0, 0.05) is 19.3 Å². The molecule has 1 saturated carbocycles. The third-order valence-corrected chi connectivity index (χ3v) is 3.55. The van der Waals surface area contributed by atoms with Crippen LogP contribution in [0.3, 0.4) is 0 Å². The quantitative estimate of drug-likeness (QED) is 0.801. The largest absolute Gasteiger partial charge is 0.398 e. The highest BCUT2D eigenvalue weighted by atomic mass is 19.1. The summed E-state index contributed by atoms with van der Waals surface area (Å²) in [4.78, 5) is 13.0. The average Bonchev–Trinajstić information content (AvgIpc) is 2.22. The van der Waals surface area contributed by atoms with E-state index < -0.39 is 11.7 Å². The SMILES string of the molecule is CN(CC1CCC1)c1cc(C(N)=O)c(N)cc1F. The van der Waals surface area contributed by atoms with Crippen molar-refractivity contribution in [2.45, 2.75) is 19.3 Å². The van der Waals surface area contributed by atoms with Crippen LogP contribution in [0.1, 0.15) is 29.6 Å². The van der Waals surface area contributed by atoms with Crippen LogP contribution in [0.2, 0.25) is 0 Å². The molecule has 4 nitrogen and oxygen atoms in total. The minimum Gasteiger partial charge on any atom is -0.398 e. The van der Waals surface area contributed by atoms with Crippen molar-refractivity contribution in [2.75, 3.05) is 24.2 Å². The third kappa shape index (κ3) is 2.39. The van der Waals surface area contributed by atoms with Crippen molar-refractivity contribution in [1.29, 1.82) is 0 Å². The van der Waals surface area contributed by atoms with E-state index >= 15 is 0 Å². The van der Waals surface area contributed by atoms with Crippen molar-refractivity contribution < 1.29 is 9.18 Å². The second-order valence-corrected chi connectivity index (χ2v) is 4.93. The Bertz CT molecular complexity index is 472. The monoisotopic (exact) mass is 251 g/mol. The lowest BCUT2D eigenvalue weighted by atomic mass is 9.85. The molecule has 0 atom stereocenters. The van der Waals surface area contributed by atoms with Crippen molar-refractivity contribution in [1.82, 2.24) is 0 Å². The van der Waals surface area contributed by atoms with Gasteiger partial charge in [0.2, 0.25) is 0 Å². The molecule has 1 aliphatic rings. The highest BCUT2D eigenvalue weighted by molar-refractivity contribution is 5.99. The van der Waals surface area contributed by atoms with E-state index in [-0.39, 0.29) is 11.3 Å². The van der Waals surface area contributed by atoms with Gasteiger partial charge in [0.05, 0.1) is 11.3 Å². The molecule has 18 heavy (non-hydrogen) atoms. The lowest BCUT2D eigenvalue weighted by Gasteiger charge is -2.31. The first kappa shape index (κ1) is 12.7. The summed E-state index contributed by atoms with van der Waals surface area (Å²) in [5.74, 6) is -0.436. The Balaban J connectivity index is 2.25. The number of benzene rings is 1. The number of carbonyl (C=O) groups excluding carboxylic acids is 1. The second-order valence-electron chi connectivity index (χ2n) is 4.93. The third-order valence-electron chi connectivity index (χ3n) is 3.55. The molecule has 0 radical (unpaired) electrons. The molecule has 98 valence electrons. The van der Waals surface area contributed by atoms with Gasteiger partial charge >= 0.3 is 0 Å². The van der Waals surface area contributed by atoms with Crippen LogP contribution in [-0.4, -0.2) is 19.5 Å². The van der Waals surface area contributed by atoms with E-state index in [4.69, 9.17) is 11.5 Å². The molecule has 1 aromatic carbocycles. The smallest absolute Gasteiger partial charge is 0.250 e. The number of nitrogen functional groups attached to an aromatic ring is 1. The summed E-state index contributed by atoms with van der Waals surface area (Å²) < 4.78 is 13.8. The zero-order chi connectivity index (χ0) is 13.3. The molecule has 1 fully saturated rings. The Morgan fingerprint density at radius 1 is 1.50 bits per heavy atom. The molecule has 0 bridgehead atoms. The number of halogens is 1. The number of anilines is 2. The molecule has 1 aromatic rings. The molecular formula is C13H18FN3O. The topological polar surface area (TPSA) is 72.3 Å². The highest BCUT2D eigenvalue weighted by Gasteiger charge is 2.21. The van der Waals surface area contributed by atoms with Gasteiger partial charge in [-0.25, -0.2) is 4.39 Å². The summed E-state index contributed by atoms with van der Waals surface area (Å²) in [5, 5.41) is 0. The van der Waals surface area contributed by atoms with Gasteiger partial charge in [0.15, 0.2) is 0 Å². The van der Waals surface area contributed by atoms with Crippen LogP contribution in [0.5, 0.6) is 0 Å². The van der Waals surface area contributed by atoms with Gasteiger partial charge in [0.25, 0.3) is 5.91 Å². The zero-order valence-electron chi connectivity index (χ0n) is 10.4. The Morgan fingerprint density at radius 3 is 2.67 bits per heavy atom. The lowest BCUT2D eigenvalue weighted by molar-refractivity contribution is 0.100. The first-order chi connectivity index (χ1) is 8.49. The number of carbonyl (C=O) groups is 1. The molecule has 0 aliphatic heterocycles. The zero-order valence-corrected chi connectivity index (χ0v) is 10.4. The van der Waals surface area contributed by atoms with Crippen LogP contribution in [-0.2, 0) is 0 Å². The number of nitrogens with two attached hydrogens (primary N) is 2. The summed E-state index contributed by atoms with van der Waals surface area (Å²) in [6.07, 6.45) is 3.61. The Labute approximate surface area is 106 Å². The number of hydrogen-bond acceptors (Lipinski definition) is 3. The van der Waals surface area contributed by atoms with E-state index in [1.165, 1.54) is 25.3 Å². The fourth-order valence-electron chi connectivity index (χ4n) is 2.24. The van der Waals surface area contributed by atoms with Crippen molar-refractivity contribution >= 4 is 17.3 Å². The number of amides is 1. The van der Waals surface area contributed by atoms with Gasteiger partial charge < -0.3 is 16.4 Å². The van der Waals surface area contributed by atoms with Crippen molar-refractivity contribution in [2.24, 2.45) is 11.7 Å². The van der Waals surface area contributed by atoms with E-state index in [1.54, 1.807) is 0 Å². The average molecular weight is 251 g/mol. The second kappa shape index (κ2) is 4.84. The standard InChI is InChI=1S/C13H18FN3O/c1-17(7-8-3-2-4-8)12-5-9(13(16)18)11(15)6-10(12)14/h5-6,8H,2-4,7,15H2,1H3,(H2,16,18).